The number of sulfonamides is 1. The third-order valence-electron chi connectivity index (χ3n) is 3.66. The van der Waals surface area contributed by atoms with E-state index in [9.17, 15) is 18.5 Å². The van der Waals surface area contributed by atoms with Crippen molar-refractivity contribution in [2.45, 2.75) is 34.9 Å². The normalized spacial score (nSPS) is 13.9. The number of primary sulfonamides is 1. The van der Waals surface area contributed by atoms with Gasteiger partial charge in [-0.05, 0) is 31.5 Å². The Labute approximate surface area is 150 Å². The molecule has 3 N–H and O–H groups in total. The largest absolute Gasteiger partial charge is 0.364 e. The molecule has 0 fully saturated rings. The average molecular weight is 381 g/mol. The summed E-state index contributed by atoms with van der Waals surface area (Å²) in [5, 5.41) is 19.6. The summed E-state index contributed by atoms with van der Waals surface area (Å²) >= 11 is 1.46. The highest BCUT2D eigenvalue weighted by Gasteiger charge is 2.31. The SMILES string of the molecule is CCC(C)(Nc1c([N+](=O)[O-])cccc1S(N)(=O)=O)Sc1ccccc1. The summed E-state index contributed by atoms with van der Waals surface area (Å²) in [6, 6.07) is 13.3. The van der Waals surface area contributed by atoms with Crippen molar-refractivity contribution >= 4 is 33.2 Å². The third-order valence-corrected chi connectivity index (χ3v) is 5.96. The molecule has 2 aromatic carbocycles. The Morgan fingerprint density at radius 1 is 1.20 bits per heavy atom. The van der Waals surface area contributed by atoms with Crippen LogP contribution in [-0.2, 0) is 10.0 Å². The second-order valence-corrected chi connectivity index (χ2v) is 8.68. The lowest BCUT2D eigenvalue weighted by Crippen LogP contribution is -2.31. The summed E-state index contributed by atoms with van der Waals surface area (Å²) in [5.41, 5.74) is -0.428. The van der Waals surface area contributed by atoms with Crippen molar-refractivity contribution in [2.75, 3.05) is 5.32 Å². The lowest BCUT2D eigenvalue weighted by atomic mass is 10.2. The molecule has 0 amide bonds. The maximum Gasteiger partial charge on any atom is 0.293 e. The topological polar surface area (TPSA) is 115 Å². The molecular formula is C16H19N3O4S2. The molecule has 1 atom stereocenters. The van der Waals surface area contributed by atoms with Gasteiger partial charge in [0.2, 0.25) is 10.0 Å². The van der Waals surface area contributed by atoms with Crippen molar-refractivity contribution < 1.29 is 13.3 Å². The first kappa shape index (κ1) is 19.2. The number of nitrogens with one attached hydrogen (secondary N) is 1. The van der Waals surface area contributed by atoms with Gasteiger partial charge in [0.15, 0.2) is 0 Å². The number of benzene rings is 2. The quantitative estimate of drug-likeness (QED) is 0.328. The van der Waals surface area contributed by atoms with Crippen LogP contribution in [0.2, 0.25) is 0 Å². The molecule has 7 nitrogen and oxygen atoms in total. The molecule has 0 radical (unpaired) electrons. The van der Waals surface area contributed by atoms with E-state index < -0.39 is 19.8 Å². The second kappa shape index (κ2) is 7.42. The highest BCUT2D eigenvalue weighted by atomic mass is 32.2. The molecule has 1 unspecified atom stereocenters. The van der Waals surface area contributed by atoms with E-state index in [-0.39, 0.29) is 16.3 Å². The van der Waals surface area contributed by atoms with Gasteiger partial charge in [-0.3, -0.25) is 10.1 Å². The van der Waals surface area contributed by atoms with Crippen LogP contribution in [-0.4, -0.2) is 18.2 Å². The summed E-state index contributed by atoms with van der Waals surface area (Å²) in [6.45, 7) is 3.77. The molecule has 0 aromatic heterocycles. The van der Waals surface area contributed by atoms with Gasteiger partial charge in [0.05, 0.1) is 9.79 Å². The van der Waals surface area contributed by atoms with E-state index in [4.69, 9.17) is 5.14 Å². The van der Waals surface area contributed by atoms with Crippen molar-refractivity contribution in [3.8, 4) is 0 Å². The molecule has 0 aliphatic heterocycles. The van der Waals surface area contributed by atoms with Gasteiger partial charge in [-0.25, -0.2) is 13.6 Å². The number of hydrogen-bond donors (Lipinski definition) is 2. The molecule has 0 aliphatic carbocycles. The monoisotopic (exact) mass is 381 g/mol. The first-order valence-electron chi connectivity index (χ1n) is 7.49. The number of para-hydroxylation sites is 1. The fourth-order valence-electron chi connectivity index (χ4n) is 2.23. The molecule has 25 heavy (non-hydrogen) atoms. The van der Waals surface area contributed by atoms with E-state index >= 15 is 0 Å². The van der Waals surface area contributed by atoms with Crippen LogP contribution in [0.3, 0.4) is 0 Å². The summed E-state index contributed by atoms with van der Waals surface area (Å²) in [7, 11) is -4.12. The van der Waals surface area contributed by atoms with Gasteiger partial charge in [0, 0.05) is 11.0 Å². The zero-order valence-corrected chi connectivity index (χ0v) is 15.4. The van der Waals surface area contributed by atoms with Gasteiger partial charge in [-0.1, -0.05) is 43.0 Å². The third kappa shape index (κ3) is 4.71. The van der Waals surface area contributed by atoms with Crippen molar-refractivity contribution in [2.24, 2.45) is 5.14 Å². The van der Waals surface area contributed by atoms with Crippen LogP contribution in [0.25, 0.3) is 0 Å². The molecule has 0 saturated heterocycles. The molecule has 2 rings (SSSR count). The Bertz CT molecular complexity index is 872. The van der Waals surface area contributed by atoms with Crippen molar-refractivity contribution in [3.05, 3.63) is 58.6 Å². The van der Waals surface area contributed by atoms with E-state index in [1.807, 2.05) is 44.2 Å². The van der Waals surface area contributed by atoms with Crippen molar-refractivity contribution in [1.29, 1.82) is 0 Å². The van der Waals surface area contributed by atoms with Crippen LogP contribution in [0.15, 0.2) is 58.3 Å². The van der Waals surface area contributed by atoms with E-state index in [1.54, 1.807) is 0 Å². The minimum Gasteiger partial charge on any atom is -0.364 e. The summed E-state index contributed by atoms with van der Waals surface area (Å²) in [5.74, 6) is 0. The Morgan fingerprint density at radius 3 is 2.36 bits per heavy atom. The smallest absolute Gasteiger partial charge is 0.293 e. The molecular weight excluding hydrogens is 362 g/mol. The Morgan fingerprint density at radius 2 is 1.84 bits per heavy atom. The Kier molecular flexibility index (Phi) is 5.71. The van der Waals surface area contributed by atoms with E-state index in [2.05, 4.69) is 5.32 Å². The molecule has 2 aromatic rings. The van der Waals surface area contributed by atoms with E-state index in [0.29, 0.717) is 6.42 Å². The summed E-state index contributed by atoms with van der Waals surface area (Å²) in [6.07, 6.45) is 0.586. The van der Waals surface area contributed by atoms with Crippen molar-refractivity contribution in [1.82, 2.24) is 0 Å². The van der Waals surface area contributed by atoms with Crippen LogP contribution in [0, 0.1) is 10.1 Å². The zero-order chi connectivity index (χ0) is 18.7. The number of nitrogens with two attached hydrogens (primary N) is 1. The molecule has 0 spiro atoms. The highest BCUT2D eigenvalue weighted by Crippen LogP contribution is 2.40. The Balaban J connectivity index is 2.51. The number of thioether (sulfide) groups is 1. The van der Waals surface area contributed by atoms with Crippen LogP contribution in [0.5, 0.6) is 0 Å². The standard InChI is InChI=1S/C16H19N3O4S2/c1-3-16(2,24-12-8-5-4-6-9-12)18-15-13(19(20)21)10-7-11-14(15)25(17,22)23/h4-11,18H,3H2,1-2H3,(H2,17,22,23). The Hall–Kier alpha value is -2.10. The van der Waals surface area contributed by atoms with Crippen LogP contribution in [0.4, 0.5) is 11.4 Å². The fraction of sp³-hybridized carbons (Fsp3) is 0.250. The van der Waals surface area contributed by atoms with Gasteiger partial charge in [0.25, 0.3) is 5.69 Å². The summed E-state index contributed by atoms with van der Waals surface area (Å²) < 4.78 is 23.7. The summed E-state index contributed by atoms with van der Waals surface area (Å²) in [4.78, 5) is 10.7. The van der Waals surface area contributed by atoms with Gasteiger partial charge >= 0.3 is 0 Å². The predicted molar refractivity (Wildman–Crippen MR) is 99.1 cm³/mol. The van der Waals surface area contributed by atoms with Gasteiger partial charge in [0.1, 0.15) is 10.6 Å². The zero-order valence-electron chi connectivity index (χ0n) is 13.8. The molecule has 9 heteroatoms. The molecule has 0 heterocycles. The van der Waals surface area contributed by atoms with Gasteiger partial charge in [-0.2, -0.15) is 0 Å². The number of nitro benzene ring substituents is 1. The lowest BCUT2D eigenvalue weighted by Gasteiger charge is -2.30. The lowest BCUT2D eigenvalue weighted by molar-refractivity contribution is -0.384. The molecule has 0 saturated carbocycles. The van der Waals surface area contributed by atoms with Crippen LogP contribution >= 0.6 is 11.8 Å². The number of nitrogens with zero attached hydrogens (tertiary/aromatic N) is 1. The van der Waals surface area contributed by atoms with E-state index in [0.717, 1.165) is 4.90 Å². The minimum absolute atomic E-state index is 0.0946. The molecule has 134 valence electrons. The first-order chi connectivity index (χ1) is 11.7. The van der Waals surface area contributed by atoms with E-state index in [1.165, 1.54) is 30.0 Å². The maximum atomic E-state index is 11.9. The second-order valence-electron chi connectivity index (χ2n) is 5.58. The van der Waals surface area contributed by atoms with Crippen LogP contribution in [0.1, 0.15) is 20.3 Å². The average Bonchev–Trinajstić information content (AvgIpc) is 2.54. The predicted octanol–water partition coefficient (Wildman–Crippen LogP) is 3.57. The molecule has 0 bridgehead atoms. The first-order valence-corrected chi connectivity index (χ1v) is 9.85. The van der Waals surface area contributed by atoms with Crippen LogP contribution < -0.4 is 10.5 Å². The maximum absolute atomic E-state index is 11.9. The number of anilines is 1. The number of nitro groups is 1. The number of hydrogen-bond acceptors (Lipinski definition) is 6. The molecule has 0 aliphatic rings. The highest BCUT2D eigenvalue weighted by molar-refractivity contribution is 8.00. The van der Waals surface area contributed by atoms with Crippen molar-refractivity contribution in [3.63, 3.8) is 0 Å². The minimum atomic E-state index is -4.12. The fourth-order valence-corrected chi connectivity index (χ4v) is 4.05. The van der Waals surface area contributed by atoms with Gasteiger partial charge in [-0.15, -0.1) is 0 Å². The number of rotatable bonds is 7. The van der Waals surface area contributed by atoms with Gasteiger partial charge < -0.3 is 5.32 Å².